The van der Waals surface area contributed by atoms with Crippen LogP contribution in [0.5, 0.6) is 0 Å². The topological polar surface area (TPSA) is 18.5 Å². The average molecular weight is 547 g/mol. The Labute approximate surface area is 234 Å². The number of fused-ring (bicyclic) bond motifs is 1. The average Bonchev–Trinajstić information content (AvgIpc) is 2.85. The minimum Gasteiger partial charge on any atom is -0.413 e. The summed E-state index contributed by atoms with van der Waals surface area (Å²) in [4.78, 5) is 0. The van der Waals surface area contributed by atoms with Crippen LogP contribution in [0.4, 0.5) is 0 Å². The highest BCUT2D eigenvalue weighted by molar-refractivity contribution is 6.99. The van der Waals surface area contributed by atoms with Gasteiger partial charge in [-0.25, -0.2) is 0 Å². The first-order valence-corrected chi connectivity index (χ1v) is 19.4. The molecule has 4 atom stereocenters. The van der Waals surface area contributed by atoms with Gasteiger partial charge in [0.15, 0.2) is 8.32 Å². The van der Waals surface area contributed by atoms with E-state index >= 15 is 0 Å². The minimum absolute atomic E-state index is 0.0181. The molecule has 4 heteroatoms. The Morgan fingerprint density at radius 3 is 1.84 bits per heavy atom. The van der Waals surface area contributed by atoms with Crippen LogP contribution < -0.4 is 10.4 Å². The SMILES string of the molecule is C[C@H]1CC=C2C=CC[C@H](O[Si](C)(C)C(C)(C)C)[C@@H]2[C@H]1CO[Si](c1ccccc1)(c1ccccc1)C(C)(C)C. The van der Waals surface area contributed by atoms with E-state index in [9.17, 15) is 0 Å². The Morgan fingerprint density at radius 2 is 1.34 bits per heavy atom. The second-order valence-electron chi connectivity index (χ2n) is 14.1. The van der Waals surface area contributed by atoms with E-state index in [4.69, 9.17) is 8.85 Å². The third-order valence-electron chi connectivity index (χ3n) is 9.54. The van der Waals surface area contributed by atoms with Crippen molar-refractivity contribution >= 4 is 27.0 Å². The maximum absolute atomic E-state index is 7.51. The van der Waals surface area contributed by atoms with Crippen LogP contribution in [0.3, 0.4) is 0 Å². The van der Waals surface area contributed by atoms with E-state index in [0.29, 0.717) is 17.8 Å². The lowest BCUT2D eigenvalue weighted by atomic mass is 9.68. The van der Waals surface area contributed by atoms with Crippen LogP contribution in [-0.4, -0.2) is 29.3 Å². The van der Waals surface area contributed by atoms with Crippen LogP contribution >= 0.6 is 0 Å². The summed E-state index contributed by atoms with van der Waals surface area (Å²) in [5, 5.41) is 2.89. The van der Waals surface area contributed by atoms with E-state index in [1.54, 1.807) is 0 Å². The van der Waals surface area contributed by atoms with Crippen LogP contribution in [0.15, 0.2) is 84.5 Å². The van der Waals surface area contributed by atoms with Crippen LogP contribution in [-0.2, 0) is 8.85 Å². The first-order valence-electron chi connectivity index (χ1n) is 14.6. The molecular formula is C34H50O2Si2. The standard InChI is InChI=1S/C34H50O2Si2/c1-26-23-24-27-17-16-22-31(36-37(8,9)33(2,3)4)32(27)30(26)25-35-38(34(5,6)7,28-18-12-10-13-19-28)29-20-14-11-15-21-29/h10-21,24,26,30-32H,22-23,25H2,1-9H3/t26-,30-,31-,32-/m0/s1. The van der Waals surface area contributed by atoms with Gasteiger partial charge in [0.2, 0.25) is 0 Å². The largest absolute Gasteiger partial charge is 0.413 e. The van der Waals surface area contributed by atoms with E-state index in [-0.39, 0.29) is 16.2 Å². The fourth-order valence-electron chi connectivity index (χ4n) is 6.32. The van der Waals surface area contributed by atoms with Gasteiger partial charge in [0.25, 0.3) is 8.32 Å². The highest BCUT2D eigenvalue weighted by Gasteiger charge is 2.52. The Morgan fingerprint density at radius 1 is 0.789 bits per heavy atom. The van der Waals surface area contributed by atoms with E-state index in [2.05, 4.69) is 140 Å². The molecular weight excluding hydrogens is 497 g/mol. The molecule has 0 radical (unpaired) electrons. The predicted octanol–water partition coefficient (Wildman–Crippen LogP) is 8.11. The minimum atomic E-state index is -2.59. The summed E-state index contributed by atoms with van der Waals surface area (Å²) in [5.41, 5.74) is 1.47. The van der Waals surface area contributed by atoms with Gasteiger partial charge in [-0.05, 0) is 63.8 Å². The maximum atomic E-state index is 7.51. The van der Waals surface area contributed by atoms with Crippen LogP contribution in [0.2, 0.25) is 23.2 Å². The molecule has 0 unspecified atom stereocenters. The summed E-state index contributed by atoms with van der Waals surface area (Å²) in [7, 11) is -4.50. The fraction of sp³-hybridized carbons (Fsp3) is 0.529. The maximum Gasteiger partial charge on any atom is 0.261 e. The molecule has 0 spiro atoms. The molecule has 0 aliphatic heterocycles. The Balaban J connectivity index is 1.73. The van der Waals surface area contributed by atoms with Crippen molar-refractivity contribution < 1.29 is 8.85 Å². The Kier molecular flexibility index (Phi) is 8.50. The molecule has 2 aliphatic rings. The molecule has 0 N–H and O–H groups in total. The van der Waals surface area contributed by atoms with Crippen molar-refractivity contribution in [3.63, 3.8) is 0 Å². The molecule has 2 aromatic carbocycles. The summed E-state index contributed by atoms with van der Waals surface area (Å²) in [6.07, 6.45) is 9.53. The van der Waals surface area contributed by atoms with Gasteiger partial charge in [0, 0.05) is 12.5 Å². The zero-order chi connectivity index (χ0) is 27.8. The second-order valence-corrected chi connectivity index (χ2v) is 23.2. The van der Waals surface area contributed by atoms with Crippen LogP contribution in [0, 0.1) is 17.8 Å². The van der Waals surface area contributed by atoms with Crippen LogP contribution in [0.25, 0.3) is 0 Å². The molecule has 2 nitrogen and oxygen atoms in total. The van der Waals surface area contributed by atoms with Gasteiger partial charge in [-0.1, -0.05) is 127 Å². The van der Waals surface area contributed by atoms with Crippen molar-refractivity contribution in [3.8, 4) is 0 Å². The van der Waals surface area contributed by atoms with Crippen molar-refractivity contribution in [1.82, 2.24) is 0 Å². The van der Waals surface area contributed by atoms with Gasteiger partial charge in [0.05, 0.1) is 6.10 Å². The number of benzene rings is 2. The lowest BCUT2D eigenvalue weighted by molar-refractivity contribution is 0.0496. The lowest BCUT2D eigenvalue weighted by Gasteiger charge is -2.49. The molecule has 2 aromatic rings. The van der Waals surface area contributed by atoms with Gasteiger partial charge >= 0.3 is 0 Å². The predicted molar refractivity (Wildman–Crippen MR) is 168 cm³/mol. The van der Waals surface area contributed by atoms with E-state index in [1.165, 1.54) is 15.9 Å². The van der Waals surface area contributed by atoms with E-state index in [1.807, 2.05) is 0 Å². The van der Waals surface area contributed by atoms with Crippen molar-refractivity contribution in [2.75, 3.05) is 6.61 Å². The molecule has 0 aromatic heterocycles. The zero-order valence-electron chi connectivity index (χ0n) is 25.3. The second kappa shape index (κ2) is 11.0. The molecule has 0 bridgehead atoms. The molecule has 0 saturated carbocycles. The molecule has 38 heavy (non-hydrogen) atoms. The first kappa shape index (κ1) is 29.3. The van der Waals surface area contributed by atoms with E-state index in [0.717, 1.165) is 19.4 Å². The molecule has 4 rings (SSSR count). The highest BCUT2D eigenvalue weighted by atomic mass is 28.4. The van der Waals surface area contributed by atoms with Gasteiger partial charge in [-0.15, -0.1) is 0 Å². The number of hydrogen-bond donors (Lipinski definition) is 0. The Bertz CT molecular complexity index is 1080. The fourth-order valence-corrected chi connectivity index (χ4v) is 12.3. The summed E-state index contributed by atoms with van der Waals surface area (Å²) >= 11 is 0. The van der Waals surface area contributed by atoms with E-state index < -0.39 is 16.6 Å². The zero-order valence-corrected chi connectivity index (χ0v) is 27.3. The number of hydrogen-bond acceptors (Lipinski definition) is 2. The molecule has 206 valence electrons. The molecule has 0 heterocycles. The van der Waals surface area contributed by atoms with Gasteiger partial charge in [-0.3, -0.25) is 0 Å². The molecule has 0 fully saturated rings. The normalized spacial score (nSPS) is 24.6. The smallest absolute Gasteiger partial charge is 0.261 e. The summed E-state index contributed by atoms with van der Waals surface area (Å²) in [6, 6.07) is 22.1. The third-order valence-corrected chi connectivity index (χ3v) is 19.1. The molecule has 0 saturated heterocycles. The molecule has 2 aliphatic carbocycles. The quantitative estimate of drug-likeness (QED) is 0.327. The van der Waals surface area contributed by atoms with Gasteiger partial charge < -0.3 is 8.85 Å². The van der Waals surface area contributed by atoms with Gasteiger partial charge in [0.1, 0.15) is 0 Å². The summed E-state index contributed by atoms with van der Waals surface area (Å²) in [5.74, 6) is 1.37. The number of rotatable bonds is 7. The Hall–Kier alpha value is -1.73. The van der Waals surface area contributed by atoms with Gasteiger partial charge in [-0.2, -0.15) is 0 Å². The summed E-state index contributed by atoms with van der Waals surface area (Å²) < 4.78 is 14.7. The first-order chi connectivity index (χ1) is 17.8. The van der Waals surface area contributed by atoms with Crippen molar-refractivity contribution in [2.24, 2.45) is 17.8 Å². The summed E-state index contributed by atoms with van der Waals surface area (Å²) in [6.45, 7) is 22.2. The monoisotopic (exact) mass is 546 g/mol. The van der Waals surface area contributed by atoms with Crippen molar-refractivity contribution in [3.05, 3.63) is 84.5 Å². The third kappa shape index (κ3) is 5.61. The van der Waals surface area contributed by atoms with Crippen molar-refractivity contribution in [1.29, 1.82) is 0 Å². The highest BCUT2D eigenvalue weighted by Crippen LogP contribution is 2.46. The van der Waals surface area contributed by atoms with Crippen molar-refractivity contribution in [2.45, 2.75) is 90.6 Å². The lowest BCUT2D eigenvalue weighted by Crippen LogP contribution is -2.67. The molecule has 0 amide bonds. The van der Waals surface area contributed by atoms with Crippen LogP contribution in [0.1, 0.15) is 61.3 Å². The number of allylic oxidation sites excluding steroid dienone is 2.